The second-order valence-electron chi connectivity index (χ2n) is 9.21. The summed E-state index contributed by atoms with van der Waals surface area (Å²) in [5, 5.41) is 16.6. The second kappa shape index (κ2) is 18.1. The molecule has 4 unspecified atom stereocenters. The summed E-state index contributed by atoms with van der Waals surface area (Å²) in [7, 11) is 0. The predicted molar refractivity (Wildman–Crippen MR) is 148 cm³/mol. The Balaban J connectivity index is 3.07. The number of aliphatic imine (C=N–C) groups is 1. The molecule has 0 aliphatic rings. The lowest BCUT2D eigenvalue weighted by molar-refractivity contribution is -0.139. The van der Waals surface area contributed by atoms with E-state index in [9.17, 15) is 24.0 Å². The zero-order valence-corrected chi connectivity index (χ0v) is 22.4. The lowest BCUT2D eigenvalue weighted by Crippen LogP contribution is -2.58. The van der Waals surface area contributed by atoms with Gasteiger partial charge in [0.05, 0.1) is 12.5 Å². The Morgan fingerprint density at radius 1 is 0.800 bits per heavy atom. The quantitative estimate of drug-likeness (QED) is 0.0471. The number of hydrogen-bond donors (Lipinski definition) is 9. The van der Waals surface area contributed by atoms with Crippen LogP contribution in [-0.4, -0.2) is 77.9 Å². The van der Waals surface area contributed by atoms with Crippen molar-refractivity contribution in [1.29, 1.82) is 0 Å². The van der Waals surface area contributed by atoms with Gasteiger partial charge < -0.3 is 49.7 Å². The van der Waals surface area contributed by atoms with Gasteiger partial charge in [0, 0.05) is 13.0 Å². The topological polar surface area (TPSA) is 284 Å². The number of benzene rings is 1. The Labute approximate surface area is 232 Å². The maximum Gasteiger partial charge on any atom is 0.305 e. The van der Waals surface area contributed by atoms with Crippen molar-refractivity contribution in [3.05, 3.63) is 35.9 Å². The van der Waals surface area contributed by atoms with Crippen molar-refractivity contribution in [2.45, 2.75) is 69.1 Å². The monoisotopic (exact) mass is 563 g/mol. The first-order valence-electron chi connectivity index (χ1n) is 12.9. The Kier molecular flexibility index (Phi) is 15.3. The molecule has 222 valence electrons. The number of guanidine groups is 1. The number of primary amides is 1. The highest BCUT2D eigenvalue weighted by Gasteiger charge is 2.30. The maximum absolute atomic E-state index is 13.4. The van der Waals surface area contributed by atoms with Gasteiger partial charge in [0.15, 0.2) is 5.96 Å². The van der Waals surface area contributed by atoms with Crippen LogP contribution in [0.4, 0.5) is 0 Å². The number of aliphatic carboxylic acids is 1. The highest BCUT2D eigenvalue weighted by molar-refractivity contribution is 5.95. The number of nitrogens with one attached hydrogen (secondary N) is 3. The molecule has 1 aromatic carbocycles. The highest BCUT2D eigenvalue weighted by Crippen LogP contribution is 2.08. The Morgan fingerprint density at radius 2 is 1.38 bits per heavy atom. The molecule has 0 aliphatic heterocycles. The molecule has 0 radical (unpaired) electrons. The van der Waals surface area contributed by atoms with Crippen LogP contribution >= 0.6 is 0 Å². The molecule has 0 bridgehead atoms. The first kappa shape index (κ1) is 33.8. The van der Waals surface area contributed by atoms with Gasteiger partial charge >= 0.3 is 5.97 Å². The van der Waals surface area contributed by atoms with Gasteiger partial charge in [0.1, 0.15) is 18.1 Å². The van der Waals surface area contributed by atoms with Crippen LogP contribution in [0.25, 0.3) is 0 Å². The van der Waals surface area contributed by atoms with Gasteiger partial charge in [-0.05, 0) is 44.2 Å². The van der Waals surface area contributed by atoms with Crippen LogP contribution in [0.1, 0.15) is 44.1 Å². The smallest absolute Gasteiger partial charge is 0.305 e. The predicted octanol–water partition coefficient (Wildman–Crippen LogP) is -2.85. The van der Waals surface area contributed by atoms with Crippen LogP contribution in [0.3, 0.4) is 0 Å². The number of hydrogen-bond acceptors (Lipinski definition) is 8. The summed E-state index contributed by atoms with van der Waals surface area (Å²) < 4.78 is 0. The molecular formula is C25H41N9O6. The zero-order chi connectivity index (χ0) is 30.1. The number of rotatable bonds is 19. The minimum atomic E-state index is -1.39. The van der Waals surface area contributed by atoms with E-state index in [-0.39, 0.29) is 31.8 Å². The third-order valence-corrected chi connectivity index (χ3v) is 5.83. The zero-order valence-electron chi connectivity index (χ0n) is 22.4. The van der Waals surface area contributed by atoms with Crippen LogP contribution in [0.5, 0.6) is 0 Å². The number of nitrogens with two attached hydrogens (primary N) is 5. The summed E-state index contributed by atoms with van der Waals surface area (Å²) >= 11 is 0. The molecule has 0 aromatic heterocycles. The first-order chi connectivity index (χ1) is 18.9. The normalized spacial score (nSPS) is 13.7. The Hall–Kier alpha value is -4.24. The molecule has 0 heterocycles. The van der Waals surface area contributed by atoms with Gasteiger partial charge in [-0.25, -0.2) is 0 Å². The van der Waals surface area contributed by atoms with Crippen molar-refractivity contribution in [3.8, 4) is 0 Å². The summed E-state index contributed by atoms with van der Waals surface area (Å²) in [6.45, 7) is 0.592. The SMILES string of the molecule is NCCCCC(NC(=O)C(Cc1ccccc1)NC(=O)C(N)CC(=O)O)C(=O)NC(CCCN=C(N)N)C(N)=O. The molecule has 0 spiro atoms. The summed E-state index contributed by atoms with van der Waals surface area (Å²) in [4.78, 5) is 65.8. The van der Waals surface area contributed by atoms with E-state index >= 15 is 0 Å². The van der Waals surface area contributed by atoms with E-state index < -0.39 is 60.2 Å². The van der Waals surface area contributed by atoms with E-state index in [1.165, 1.54) is 0 Å². The number of amides is 4. The van der Waals surface area contributed by atoms with E-state index in [1.54, 1.807) is 30.3 Å². The fraction of sp³-hybridized carbons (Fsp3) is 0.520. The molecule has 4 atom stereocenters. The lowest BCUT2D eigenvalue weighted by Gasteiger charge is -2.25. The van der Waals surface area contributed by atoms with Gasteiger partial charge in [-0.15, -0.1) is 0 Å². The van der Waals surface area contributed by atoms with Gasteiger partial charge in [-0.3, -0.25) is 29.0 Å². The summed E-state index contributed by atoms with van der Waals surface area (Å²) in [5.74, 6) is -4.34. The fourth-order valence-corrected chi connectivity index (χ4v) is 3.71. The van der Waals surface area contributed by atoms with Gasteiger partial charge in [0.25, 0.3) is 0 Å². The first-order valence-corrected chi connectivity index (χ1v) is 12.9. The van der Waals surface area contributed by atoms with E-state index in [0.717, 1.165) is 0 Å². The minimum Gasteiger partial charge on any atom is -0.481 e. The molecule has 14 N–H and O–H groups in total. The van der Waals surface area contributed by atoms with Crippen molar-refractivity contribution >= 4 is 35.6 Å². The van der Waals surface area contributed by atoms with Crippen LogP contribution in [0.2, 0.25) is 0 Å². The van der Waals surface area contributed by atoms with Gasteiger partial charge in [-0.2, -0.15) is 0 Å². The molecule has 0 saturated heterocycles. The van der Waals surface area contributed by atoms with E-state index in [0.29, 0.717) is 31.4 Å². The maximum atomic E-state index is 13.4. The molecule has 15 heteroatoms. The van der Waals surface area contributed by atoms with Crippen molar-refractivity contribution in [2.24, 2.45) is 33.7 Å². The fourth-order valence-electron chi connectivity index (χ4n) is 3.71. The molecule has 0 fully saturated rings. The summed E-state index contributed by atoms with van der Waals surface area (Å²) in [6.07, 6.45) is 1.19. The molecule has 15 nitrogen and oxygen atoms in total. The largest absolute Gasteiger partial charge is 0.481 e. The molecule has 1 rings (SSSR count). The lowest BCUT2D eigenvalue weighted by atomic mass is 10.0. The Morgan fingerprint density at radius 3 is 1.95 bits per heavy atom. The third kappa shape index (κ3) is 13.5. The van der Waals surface area contributed by atoms with E-state index in [2.05, 4.69) is 20.9 Å². The van der Waals surface area contributed by atoms with E-state index in [4.69, 9.17) is 33.8 Å². The number of carboxylic acids is 1. The standard InChI is InChI=1S/C25H41N9O6/c26-11-5-4-9-18(23(39)32-17(21(28)37)10-6-12-31-25(29)30)33-24(40)19(13-15-7-2-1-3-8-15)34-22(38)16(27)14-20(35)36/h1-3,7-8,16-19H,4-6,9-14,26-27H2,(H2,28,37)(H,32,39)(H,33,40)(H,34,38)(H,35,36)(H4,29,30,31). The van der Waals surface area contributed by atoms with Crippen LogP contribution in [-0.2, 0) is 30.4 Å². The number of carbonyl (C=O) groups excluding carboxylic acids is 4. The highest BCUT2D eigenvalue weighted by atomic mass is 16.4. The number of carboxylic acid groups (broad SMARTS) is 1. The molecule has 40 heavy (non-hydrogen) atoms. The van der Waals surface area contributed by atoms with Crippen molar-refractivity contribution < 1.29 is 29.1 Å². The van der Waals surface area contributed by atoms with Crippen molar-refractivity contribution in [1.82, 2.24) is 16.0 Å². The number of carbonyl (C=O) groups is 5. The second-order valence-corrected chi connectivity index (χ2v) is 9.21. The summed E-state index contributed by atoms with van der Waals surface area (Å²) in [5.41, 5.74) is 28.0. The van der Waals surface area contributed by atoms with Gasteiger partial charge in [0.2, 0.25) is 23.6 Å². The van der Waals surface area contributed by atoms with Crippen LogP contribution in [0.15, 0.2) is 35.3 Å². The molecule has 0 saturated carbocycles. The van der Waals surface area contributed by atoms with Crippen molar-refractivity contribution in [2.75, 3.05) is 13.1 Å². The Bertz CT molecular complexity index is 1020. The number of nitrogens with zero attached hydrogens (tertiary/aromatic N) is 1. The molecule has 1 aromatic rings. The average molecular weight is 564 g/mol. The molecule has 0 aliphatic carbocycles. The summed E-state index contributed by atoms with van der Waals surface area (Å²) in [6, 6.07) is 4.10. The van der Waals surface area contributed by atoms with Crippen LogP contribution < -0.4 is 44.6 Å². The van der Waals surface area contributed by atoms with E-state index in [1.807, 2.05) is 0 Å². The third-order valence-electron chi connectivity index (χ3n) is 5.83. The minimum absolute atomic E-state index is 0.0457. The van der Waals surface area contributed by atoms with Gasteiger partial charge in [-0.1, -0.05) is 30.3 Å². The van der Waals surface area contributed by atoms with Crippen LogP contribution in [0, 0.1) is 0 Å². The van der Waals surface area contributed by atoms with Crippen molar-refractivity contribution in [3.63, 3.8) is 0 Å². The average Bonchev–Trinajstić information content (AvgIpc) is 2.89. The molecule has 4 amide bonds. The molecular weight excluding hydrogens is 522 g/mol. The number of unbranched alkanes of at least 4 members (excludes halogenated alkanes) is 1.